The lowest BCUT2D eigenvalue weighted by Gasteiger charge is -2.27. The minimum Gasteiger partial charge on any atom is -0.508 e. The molecule has 0 aliphatic carbocycles. The van der Waals surface area contributed by atoms with Gasteiger partial charge >= 0.3 is 0 Å². The second-order valence-corrected chi connectivity index (χ2v) is 8.02. The van der Waals surface area contributed by atoms with Gasteiger partial charge in [0.2, 0.25) is 0 Å². The molecule has 0 unspecified atom stereocenters. The standard InChI is InChI=1S/C25H25N5O2/c31-19-9-7-18(8-10-19)22-16-20(25(32)30-14-12-26-13-15-30)23-21(28-29-24(23)27-22)11-6-17-4-2-1-3-5-17/h1-5,7-10,16,26,31H,6,11-15H2,(H,27,28,29). The zero-order valence-electron chi connectivity index (χ0n) is 17.7. The van der Waals surface area contributed by atoms with Crippen molar-refractivity contribution in [3.63, 3.8) is 0 Å². The second-order valence-electron chi connectivity index (χ2n) is 8.02. The van der Waals surface area contributed by atoms with Gasteiger partial charge in [0.05, 0.1) is 22.3 Å². The van der Waals surface area contributed by atoms with E-state index in [0.717, 1.165) is 36.2 Å². The van der Waals surface area contributed by atoms with Gasteiger partial charge in [0.15, 0.2) is 5.65 Å². The van der Waals surface area contributed by atoms with Crippen LogP contribution in [0.1, 0.15) is 21.6 Å². The van der Waals surface area contributed by atoms with Crippen molar-refractivity contribution >= 4 is 16.9 Å². The number of piperazine rings is 1. The van der Waals surface area contributed by atoms with E-state index in [-0.39, 0.29) is 11.7 Å². The molecule has 0 saturated carbocycles. The van der Waals surface area contributed by atoms with Gasteiger partial charge in [-0.1, -0.05) is 30.3 Å². The van der Waals surface area contributed by atoms with Gasteiger partial charge in [-0.15, -0.1) is 0 Å². The quantitative estimate of drug-likeness (QED) is 0.455. The van der Waals surface area contributed by atoms with E-state index < -0.39 is 0 Å². The fourth-order valence-corrected chi connectivity index (χ4v) is 4.17. The first kappa shape index (κ1) is 20.2. The summed E-state index contributed by atoms with van der Waals surface area (Å²) in [6.07, 6.45) is 1.55. The molecule has 0 radical (unpaired) electrons. The van der Waals surface area contributed by atoms with Crippen molar-refractivity contribution in [2.75, 3.05) is 26.2 Å². The van der Waals surface area contributed by atoms with Crippen LogP contribution >= 0.6 is 0 Å². The Hall–Kier alpha value is -3.71. The van der Waals surface area contributed by atoms with E-state index in [1.54, 1.807) is 24.3 Å². The molecule has 2 aromatic carbocycles. The highest BCUT2D eigenvalue weighted by Crippen LogP contribution is 2.28. The molecule has 32 heavy (non-hydrogen) atoms. The largest absolute Gasteiger partial charge is 0.508 e. The fraction of sp³-hybridized carbons (Fsp3) is 0.240. The number of carbonyl (C=O) groups excluding carboxylic acids is 1. The molecule has 0 bridgehead atoms. The average Bonchev–Trinajstić information content (AvgIpc) is 3.26. The summed E-state index contributed by atoms with van der Waals surface area (Å²) in [4.78, 5) is 20.2. The highest BCUT2D eigenvalue weighted by molar-refractivity contribution is 6.07. The number of phenolic OH excluding ortho intramolecular Hbond substituents is 1. The normalized spacial score (nSPS) is 14.1. The zero-order valence-corrected chi connectivity index (χ0v) is 17.7. The summed E-state index contributed by atoms with van der Waals surface area (Å²) in [5, 5.41) is 21.3. The van der Waals surface area contributed by atoms with Crippen molar-refractivity contribution < 1.29 is 9.90 Å². The van der Waals surface area contributed by atoms with E-state index >= 15 is 0 Å². The average molecular weight is 428 g/mol. The van der Waals surface area contributed by atoms with Crippen LogP contribution in [0.3, 0.4) is 0 Å². The van der Waals surface area contributed by atoms with E-state index in [0.29, 0.717) is 36.4 Å². The SMILES string of the molecule is O=C(c1cc(-c2ccc(O)cc2)nc2[nH]nc(CCc3ccccc3)c12)N1CCNCC1. The maximum Gasteiger partial charge on any atom is 0.254 e. The molecule has 5 rings (SSSR count). The highest BCUT2D eigenvalue weighted by Gasteiger charge is 2.24. The lowest BCUT2D eigenvalue weighted by atomic mass is 10.0. The van der Waals surface area contributed by atoms with Crippen LogP contribution in [0.4, 0.5) is 0 Å². The van der Waals surface area contributed by atoms with Crippen LogP contribution in [0.15, 0.2) is 60.7 Å². The van der Waals surface area contributed by atoms with E-state index in [2.05, 4.69) is 27.6 Å². The Labute approximate surface area is 186 Å². The lowest BCUT2D eigenvalue weighted by molar-refractivity contribution is 0.0737. The number of rotatable bonds is 5. The monoisotopic (exact) mass is 427 g/mol. The molecular formula is C25H25N5O2. The number of H-pyrrole nitrogens is 1. The van der Waals surface area contributed by atoms with Crippen LogP contribution in [0.5, 0.6) is 5.75 Å². The Morgan fingerprint density at radius 1 is 1.00 bits per heavy atom. The third-order valence-electron chi connectivity index (χ3n) is 5.90. The minimum atomic E-state index is 0.00119. The van der Waals surface area contributed by atoms with E-state index in [1.807, 2.05) is 29.2 Å². The maximum atomic E-state index is 13.6. The number of nitrogens with zero attached hydrogens (tertiary/aromatic N) is 3. The molecule has 0 spiro atoms. The van der Waals surface area contributed by atoms with Crippen molar-refractivity contribution in [3.05, 3.63) is 77.5 Å². The van der Waals surface area contributed by atoms with Gasteiger partial charge < -0.3 is 15.3 Å². The van der Waals surface area contributed by atoms with Gasteiger partial charge in [-0.2, -0.15) is 5.10 Å². The van der Waals surface area contributed by atoms with Crippen LogP contribution in [0.2, 0.25) is 0 Å². The first-order chi connectivity index (χ1) is 15.7. The van der Waals surface area contributed by atoms with Crippen LogP contribution < -0.4 is 5.32 Å². The molecule has 1 aliphatic heterocycles. The molecule has 162 valence electrons. The summed E-state index contributed by atoms with van der Waals surface area (Å²) in [5.41, 5.74) is 4.82. The number of benzene rings is 2. The number of hydrogen-bond acceptors (Lipinski definition) is 5. The Bertz CT molecular complexity index is 1230. The number of carbonyl (C=O) groups is 1. The molecular weight excluding hydrogens is 402 g/mol. The number of aromatic nitrogens is 3. The summed E-state index contributed by atoms with van der Waals surface area (Å²) >= 11 is 0. The van der Waals surface area contributed by atoms with Crippen molar-refractivity contribution in [2.24, 2.45) is 0 Å². The molecule has 7 heteroatoms. The third-order valence-corrected chi connectivity index (χ3v) is 5.90. The van der Waals surface area contributed by atoms with Crippen molar-refractivity contribution in [3.8, 4) is 17.0 Å². The maximum absolute atomic E-state index is 13.6. The van der Waals surface area contributed by atoms with Gasteiger partial charge in [-0.3, -0.25) is 9.89 Å². The second kappa shape index (κ2) is 8.80. The number of aromatic amines is 1. The van der Waals surface area contributed by atoms with Gasteiger partial charge in [0, 0.05) is 31.7 Å². The highest BCUT2D eigenvalue weighted by atomic mass is 16.3. The smallest absolute Gasteiger partial charge is 0.254 e. The van der Waals surface area contributed by atoms with E-state index in [1.165, 1.54) is 5.56 Å². The predicted octanol–water partition coefficient (Wildman–Crippen LogP) is 3.16. The number of pyridine rings is 1. The van der Waals surface area contributed by atoms with Crippen LogP contribution in [-0.2, 0) is 12.8 Å². The van der Waals surface area contributed by atoms with Crippen LogP contribution in [-0.4, -0.2) is 57.3 Å². The minimum absolute atomic E-state index is 0.00119. The number of aromatic hydroxyl groups is 1. The molecule has 1 aliphatic rings. The molecule has 1 amide bonds. The van der Waals surface area contributed by atoms with Gasteiger partial charge in [-0.25, -0.2) is 4.98 Å². The molecule has 2 aromatic heterocycles. The van der Waals surface area contributed by atoms with Crippen molar-refractivity contribution in [2.45, 2.75) is 12.8 Å². The van der Waals surface area contributed by atoms with Crippen LogP contribution in [0, 0.1) is 0 Å². The number of phenols is 1. The van der Waals surface area contributed by atoms with Gasteiger partial charge in [0.1, 0.15) is 5.75 Å². The van der Waals surface area contributed by atoms with E-state index in [4.69, 9.17) is 4.98 Å². The molecule has 3 N–H and O–H groups in total. The first-order valence-electron chi connectivity index (χ1n) is 10.9. The molecule has 1 saturated heterocycles. The summed E-state index contributed by atoms with van der Waals surface area (Å²) in [6, 6.07) is 19.0. The molecule has 0 atom stereocenters. The van der Waals surface area contributed by atoms with Crippen molar-refractivity contribution in [1.82, 2.24) is 25.4 Å². The Balaban J connectivity index is 1.57. The van der Waals surface area contributed by atoms with Gasteiger partial charge in [0.25, 0.3) is 5.91 Å². The van der Waals surface area contributed by atoms with E-state index in [9.17, 15) is 9.90 Å². The number of aryl methyl sites for hydroxylation is 2. The summed E-state index contributed by atoms with van der Waals surface area (Å²) < 4.78 is 0. The number of fused-ring (bicyclic) bond motifs is 1. The third kappa shape index (κ3) is 4.07. The number of amides is 1. The first-order valence-corrected chi connectivity index (χ1v) is 10.9. The summed E-state index contributed by atoms with van der Waals surface area (Å²) in [6.45, 7) is 2.93. The summed E-state index contributed by atoms with van der Waals surface area (Å²) in [5.74, 6) is 0.193. The summed E-state index contributed by atoms with van der Waals surface area (Å²) in [7, 11) is 0. The number of nitrogens with one attached hydrogen (secondary N) is 2. The van der Waals surface area contributed by atoms with Crippen LogP contribution in [0.25, 0.3) is 22.3 Å². The molecule has 1 fully saturated rings. The zero-order chi connectivity index (χ0) is 21.9. The lowest BCUT2D eigenvalue weighted by Crippen LogP contribution is -2.46. The predicted molar refractivity (Wildman–Crippen MR) is 124 cm³/mol. The number of hydrogen-bond donors (Lipinski definition) is 3. The topological polar surface area (TPSA) is 94.1 Å². The Kier molecular flexibility index (Phi) is 5.56. The Morgan fingerprint density at radius 3 is 2.50 bits per heavy atom. The Morgan fingerprint density at radius 2 is 1.75 bits per heavy atom. The van der Waals surface area contributed by atoms with Gasteiger partial charge in [-0.05, 0) is 48.7 Å². The molecule has 3 heterocycles. The van der Waals surface area contributed by atoms with Crippen molar-refractivity contribution in [1.29, 1.82) is 0 Å². The molecule has 7 nitrogen and oxygen atoms in total. The molecule has 4 aromatic rings. The fourth-order valence-electron chi connectivity index (χ4n) is 4.17.